The number of hydrogen-bond donors (Lipinski definition) is 4. The molecule has 0 radical (unpaired) electrons. The quantitative estimate of drug-likeness (QED) is 0.210. The molecule has 0 saturated heterocycles. The van der Waals surface area contributed by atoms with Crippen LogP contribution in [0, 0.1) is 0 Å². The maximum atomic E-state index is 13.8. The van der Waals surface area contributed by atoms with E-state index >= 15 is 0 Å². The normalized spacial score (nSPS) is 15.9. The van der Waals surface area contributed by atoms with E-state index in [0.29, 0.717) is 50.4 Å². The zero-order valence-electron chi connectivity index (χ0n) is 22.4. The Labute approximate surface area is 243 Å². The standard InChI is InChI=1S/C30H30Cl2N4O4/c1-4-30(26(38)16-34-29(39)35-20-10-7-9-19(15-20)18(2)37)28(33-3)27(21-11-5-6-14-25(21)36-30)40-17-22-23(31)12-8-13-24(22)32/h5-15,33,36H,4,16-17H2,1-3H3,(H2,34,35,39). The number of fused-ring (bicyclic) bond motifs is 1. The highest BCUT2D eigenvalue weighted by molar-refractivity contribution is 6.36. The third-order valence-electron chi connectivity index (χ3n) is 6.79. The minimum absolute atomic E-state index is 0.0846. The van der Waals surface area contributed by atoms with Gasteiger partial charge in [-0.15, -0.1) is 0 Å². The molecule has 2 amide bonds. The number of rotatable bonds is 10. The molecule has 1 aliphatic rings. The van der Waals surface area contributed by atoms with E-state index < -0.39 is 11.6 Å². The third-order valence-corrected chi connectivity index (χ3v) is 7.50. The molecule has 0 spiro atoms. The minimum Gasteiger partial charge on any atom is -0.486 e. The SMILES string of the molecule is CCC1(C(=O)CNC(=O)Nc2cccc(C(C)=O)c2)Nc2ccccc2C(OCc2c(Cl)cccc2Cl)=C1NC. The molecule has 208 valence electrons. The van der Waals surface area contributed by atoms with Gasteiger partial charge in [-0.05, 0) is 49.7 Å². The molecule has 3 aromatic rings. The minimum atomic E-state index is -1.22. The number of ketones is 2. The lowest BCUT2D eigenvalue weighted by Crippen LogP contribution is -2.56. The van der Waals surface area contributed by atoms with Crippen molar-refractivity contribution < 1.29 is 19.1 Å². The number of benzene rings is 3. The number of anilines is 2. The smallest absolute Gasteiger partial charge is 0.319 e. The second-order valence-electron chi connectivity index (χ2n) is 9.24. The Balaban J connectivity index is 1.60. The van der Waals surface area contributed by atoms with Gasteiger partial charge in [0.1, 0.15) is 12.1 Å². The molecule has 10 heteroatoms. The first-order valence-electron chi connectivity index (χ1n) is 12.7. The van der Waals surface area contributed by atoms with Gasteiger partial charge in [0.25, 0.3) is 0 Å². The van der Waals surface area contributed by atoms with Crippen LogP contribution in [-0.4, -0.2) is 36.7 Å². The summed E-state index contributed by atoms with van der Waals surface area (Å²) in [4.78, 5) is 38.2. The number of carbonyl (C=O) groups excluding carboxylic acids is 3. The van der Waals surface area contributed by atoms with Crippen molar-refractivity contribution in [3.63, 3.8) is 0 Å². The summed E-state index contributed by atoms with van der Waals surface area (Å²) in [6.45, 7) is 3.15. The van der Waals surface area contributed by atoms with Crippen LogP contribution in [0.5, 0.6) is 0 Å². The van der Waals surface area contributed by atoms with Crippen LogP contribution in [0.1, 0.15) is 41.8 Å². The van der Waals surface area contributed by atoms with E-state index in [1.54, 1.807) is 49.5 Å². The number of halogens is 2. The molecule has 0 aromatic heterocycles. The van der Waals surface area contributed by atoms with Crippen LogP contribution in [0.3, 0.4) is 0 Å². The fraction of sp³-hybridized carbons (Fsp3) is 0.233. The van der Waals surface area contributed by atoms with E-state index in [2.05, 4.69) is 21.3 Å². The molecule has 0 bridgehead atoms. The number of Topliss-reactive ketones (excluding diaryl/α,β-unsaturated/α-hetero) is 2. The van der Waals surface area contributed by atoms with Crippen molar-refractivity contribution in [1.82, 2.24) is 10.6 Å². The molecule has 4 rings (SSSR count). The van der Waals surface area contributed by atoms with Gasteiger partial charge in [-0.1, -0.05) is 60.5 Å². The largest absolute Gasteiger partial charge is 0.486 e. The molecular weight excluding hydrogens is 551 g/mol. The van der Waals surface area contributed by atoms with Gasteiger partial charge in [-0.2, -0.15) is 0 Å². The average Bonchev–Trinajstić information content (AvgIpc) is 2.95. The van der Waals surface area contributed by atoms with Crippen molar-refractivity contribution in [1.29, 1.82) is 0 Å². The molecule has 0 aliphatic carbocycles. The van der Waals surface area contributed by atoms with Crippen molar-refractivity contribution in [2.45, 2.75) is 32.4 Å². The first-order chi connectivity index (χ1) is 19.2. The summed E-state index contributed by atoms with van der Waals surface area (Å²) in [7, 11) is 1.72. The summed E-state index contributed by atoms with van der Waals surface area (Å²) in [6.07, 6.45) is 0.361. The third kappa shape index (κ3) is 5.93. The molecule has 40 heavy (non-hydrogen) atoms. The number of nitrogens with one attached hydrogen (secondary N) is 4. The van der Waals surface area contributed by atoms with Crippen molar-refractivity contribution in [2.75, 3.05) is 24.2 Å². The Morgan fingerprint density at radius 2 is 1.68 bits per heavy atom. The number of amides is 2. The molecule has 1 atom stereocenters. The molecule has 0 saturated carbocycles. The van der Waals surface area contributed by atoms with E-state index in [4.69, 9.17) is 27.9 Å². The highest BCUT2D eigenvalue weighted by Crippen LogP contribution is 2.41. The zero-order chi connectivity index (χ0) is 28.9. The van der Waals surface area contributed by atoms with Gasteiger partial charge < -0.3 is 26.0 Å². The van der Waals surface area contributed by atoms with Crippen molar-refractivity contribution in [2.24, 2.45) is 0 Å². The molecule has 1 heterocycles. The Kier molecular flexibility index (Phi) is 9.02. The predicted molar refractivity (Wildman–Crippen MR) is 159 cm³/mol. The van der Waals surface area contributed by atoms with E-state index in [0.717, 1.165) is 5.56 Å². The average molecular weight is 582 g/mol. The van der Waals surface area contributed by atoms with Gasteiger partial charge in [-0.25, -0.2) is 4.79 Å². The van der Waals surface area contributed by atoms with Crippen LogP contribution in [-0.2, 0) is 16.1 Å². The Bertz CT molecular complexity index is 1470. The molecule has 3 aromatic carbocycles. The van der Waals surface area contributed by atoms with E-state index in [1.165, 1.54) is 6.92 Å². The van der Waals surface area contributed by atoms with Gasteiger partial charge in [0.05, 0.1) is 12.2 Å². The molecular formula is C30H30Cl2N4O4. The molecule has 1 aliphatic heterocycles. The second-order valence-corrected chi connectivity index (χ2v) is 10.1. The Hall–Kier alpha value is -4.01. The van der Waals surface area contributed by atoms with Crippen LogP contribution in [0.15, 0.2) is 72.4 Å². The molecule has 0 fully saturated rings. The van der Waals surface area contributed by atoms with Gasteiger partial charge in [0.15, 0.2) is 17.3 Å². The van der Waals surface area contributed by atoms with Gasteiger partial charge >= 0.3 is 6.03 Å². The first kappa shape index (κ1) is 29.0. The van der Waals surface area contributed by atoms with Gasteiger partial charge in [-0.3, -0.25) is 9.59 Å². The maximum absolute atomic E-state index is 13.8. The molecule has 8 nitrogen and oxygen atoms in total. The molecule has 4 N–H and O–H groups in total. The fourth-order valence-electron chi connectivity index (χ4n) is 4.68. The highest BCUT2D eigenvalue weighted by atomic mass is 35.5. The lowest BCUT2D eigenvalue weighted by molar-refractivity contribution is -0.121. The van der Waals surface area contributed by atoms with Gasteiger partial charge in [0.2, 0.25) is 0 Å². The number of urea groups is 1. The lowest BCUT2D eigenvalue weighted by Gasteiger charge is -2.41. The zero-order valence-corrected chi connectivity index (χ0v) is 23.9. The van der Waals surface area contributed by atoms with Crippen LogP contribution >= 0.6 is 23.2 Å². The summed E-state index contributed by atoms with van der Waals surface area (Å²) >= 11 is 12.8. The van der Waals surface area contributed by atoms with Gasteiger partial charge in [0, 0.05) is 45.2 Å². The van der Waals surface area contributed by atoms with Crippen molar-refractivity contribution >= 4 is 57.9 Å². The maximum Gasteiger partial charge on any atom is 0.319 e. The number of carbonyl (C=O) groups is 3. The topological polar surface area (TPSA) is 109 Å². The number of ether oxygens (including phenoxy) is 1. The number of para-hydroxylation sites is 1. The van der Waals surface area contributed by atoms with Crippen LogP contribution < -0.4 is 21.3 Å². The first-order valence-corrected chi connectivity index (χ1v) is 13.5. The van der Waals surface area contributed by atoms with Crippen LogP contribution in [0.4, 0.5) is 16.2 Å². The van der Waals surface area contributed by atoms with Crippen LogP contribution in [0.25, 0.3) is 5.76 Å². The summed E-state index contributed by atoms with van der Waals surface area (Å²) in [5.74, 6) is 0.0842. The van der Waals surface area contributed by atoms with E-state index in [-0.39, 0.29) is 24.7 Å². The van der Waals surface area contributed by atoms with E-state index in [9.17, 15) is 14.4 Å². The summed E-state index contributed by atoms with van der Waals surface area (Å²) < 4.78 is 6.33. The number of hydrogen-bond acceptors (Lipinski definition) is 6. The monoisotopic (exact) mass is 580 g/mol. The van der Waals surface area contributed by atoms with Crippen LogP contribution in [0.2, 0.25) is 10.0 Å². The fourth-order valence-corrected chi connectivity index (χ4v) is 5.18. The Morgan fingerprint density at radius 3 is 2.35 bits per heavy atom. The summed E-state index contributed by atoms with van der Waals surface area (Å²) in [5.41, 5.74) is 2.33. The van der Waals surface area contributed by atoms with Crippen molar-refractivity contribution in [3.8, 4) is 0 Å². The van der Waals surface area contributed by atoms with Crippen molar-refractivity contribution in [3.05, 3.63) is 99.2 Å². The Morgan fingerprint density at radius 1 is 0.975 bits per heavy atom. The van der Waals surface area contributed by atoms with E-state index in [1.807, 2.05) is 31.2 Å². The highest BCUT2D eigenvalue weighted by Gasteiger charge is 2.46. The summed E-state index contributed by atoms with van der Waals surface area (Å²) in [5, 5.41) is 12.8. The number of likely N-dealkylation sites (N-methyl/N-ethyl adjacent to an activating group) is 1. The lowest BCUT2D eigenvalue weighted by atomic mass is 9.81. The predicted octanol–water partition coefficient (Wildman–Crippen LogP) is 6.27. The second kappa shape index (κ2) is 12.4. The molecule has 1 unspecified atom stereocenters. The summed E-state index contributed by atoms with van der Waals surface area (Å²) in [6, 6.07) is 18.8.